The third-order valence-electron chi connectivity index (χ3n) is 3.13. The van der Waals surface area contributed by atoms with Crippen molar-refractivity contribution in [3.05, 3.63) is 35.6 Å². The molecule has 0 radical (unpaired) electrons. The Labute approximate surface area is 166 Å². The van der Waals surface area contributed by atoms with Crippen LogP contribution in [0.1, 0.15) is 12.5 Å². The maximum absolute atomic E-state index is 12.9. The Morgan fingerprint density at radius 3 is 2.48 bits per heavy atom. The van der Waals surface area contributed by atoms with Gasteiger partial charge in [0, 0.05) is 26.4 Å². The lowest BCUT2D eigenvalue weighted by molar-refractivity contribution is 0.157. The predicted octanol–water partition coefficient (Wildman–Crippen LogP) is 1.90. The lowest BCUT2D eigenvalue weighted by atomic mass is 10.2. The van der Waals surface area contributed by atoms with Crippen molar-refractivity contribution in [2.75, 3.05) is 45.4 Å². The van der Waals surface area contributed by atoms with E-state index in [4.69, 9.17) is 4.74 Å². The molecule has 0 spiro atoms. The molecule has 25 heavy (non-hydrogen) atoms. The highest BCUT2D eigenvalue weighted by Gasteiger charge is 2.07. The van der Waals surface area contributed by atoms with Crippen molar-refractivity contribution in [1.29, 1.82) is 0 Å². The van der Waals surface area contributed by atoms with Crippen LogP contribution in [0.25, 0.3) is 0 Å². The average molecular weight is 487 g/mol. The number of nitrogens with one attached hydrogen (secondary N) is 1. The molecule has 9 heteroatoms. The fourth-order valence-electron chi connectivity index (χ4n) is 1.94. The first-order valence-corrected chi connectivity index (χ1v) is 9.87. The molecule has 1 rings (SSSR count). The van der Waals surface area contributed by atoms with Crippen molar-refractivity contribution in [3.63, 3.8) is 0 Å². The van der Waals surface area contributed by atoms with E-state index < -0.39 is 9.84 Å². The molecule has 0 saturated heterocycles. The zero-order valence-corrected chi connectivity index (χ0v) is 18.0. The molecule has 0 heterocycles. The molecule has 0 saturated carbocycles. The minimum absolute atomic E-state index is 0. The first-order chi connectivity index (χ1) is 11.3. The summed E-state index contributed by atoms with van der Waals surface area (Å²) in [6.07, 6.45) is 1.18. The number of rotatable bonds is 9. The Morgan fingerprint density at radius 1 is 1.28 bits per heavy atom. The van der Waals surface area contributed by atoms with Crippen molar-refractivity contribution in [3.8, 4) is 0 Å². The highest BCUT2D eigenvalue weighted by molar-refractivity contribution is 14.0. The summed E-state index contributed by atoms with van der Waals surface area (Å²) in [7, 11) is -1.10. The van der Waals surface area contributed by atoms with Gasteiger partial charge in [-0.15, -0.1) is 24.0 Å². The SMILES string of the molecule is CCNC(=NCCOCCS(C)(=O)=O)N(C)Cc1ccc(F)cc1.I. The van der Waals surface area contributed by atoms with Crippen LogP contribution in [0, 0.1) is 5.82 Å². The van der Waals surface area contributed by atoms with Gasteiger partial charge in [-0.05, 0) is 24.6 Å². The summed E-state index contributed by atoms with van der Waals surface area (Å²) < 4.78 is 40.2. The van der Waals surface area contributed by atoms with E-state index in [1.54, 1.807) is 12.1 Å². The number of hydrogen-bond donors (Lipinski definition) is 1. The molecule has 0 bridgehead atoms. The largest absolute Gasteiger partial charge is 0.378 e. The minimum Gasteiger partial charge on any atom is -0.378 e. The summed E-state index contributed by atoms with van der Waals surface area (Å²) in [5.74, 6) is 0.475. The van der Waals surface area contributed by atoms with Crippen molar-refractivity contribution >= 4 is 39.8 Å². The van der Waals surface area contributed by atoms with Crippen LogP contribution in [0.5, 0.6) is 0 Å². The maximum Gasteiger partial charge on any atom is 0.194 e. The highest BCUT2D eigenvalue weighted by Crippen LogP contribution is 2.05. The third kappa shape index (κ3) is 11.3. The van der Waals surface area contributed by atoms with E-state index >= 15 is 0 Å². The van der Waals surface area contributed by atoms with E-state index in [0.29, 0.717) is 25.7 Å². The van der Waals surface area contributed by atoms with Gasteiger partial charge in [-0.25, -0.2) is 12.8 Å². The van der Waals surface area contributed by atoms with Gasteiger partial charge < -0.3 is 15.0 Å². The third-order valence-corrected chi connectivity index (χ3v) is 4.03. The molecular weight excluding hydrogens is 460 g/mol. The van der Waals surface area contributed by atoms with Crippen molar-refractivity contribution in [2.45, 2.75) is 13.5 Å². The Hall–Kier alpha value is -0.940. The second-order valence-electron chi connectivity index (χ2n) is 5.46. The number of benzene rings is 1. The van der Waals surface area contributed by atoms with E-state index in [9.17, 15) is 12.8 Å². The minimum atomic E-state index is -3.00. The average Bonchev–Trinajstić information content (AvgIpc) is 2.50. The maximum atomic E-state index is 12.9. The highest BCUT2D eigenvalue weighted by atomic mass is 127. The fraction of sp³-hybridized carbons (Fsp3) is 0.562. The molecule has 0 atom stereocenters. The van der Waals surface area contributed by atoms with Gasteiger partial charge >= 0.3 is 0 Å². The number of nitrogens with zero attached hydrogens (tertiary/aromatic N) is 2. The Bertz CT molecular complexity index is 624. The van der Waals surface area contributed by atoms with Crippen LogP contribution < -0.4 is 5.32 Å². The van der Waals surface area contributed by atoms with Gasteiger partial charge in [-0.2, -0.15) is 0 Å². The standard InChI is InChI=1S/C16H26FN3O3S.HI/c1-4-18-16(19-9-10-23-11-12-24(3,21)22)20(2)13-14-5-7-15(17)8-6-14;/h5-8H,4,9-13H2,1-3H3,(H,18,19);1H. The second-order valence-corrected chi connectivity index (χ2v) is 7.72. The van der Waals surface area contributed by atoms with Gasteiger partial charge in [0.15, 0.2) is 5.96 Å². The molecule has 1 N–H and O–H groups in total. The van der Waals surface area contributed by atoms with Gasteiger partial charge in [0.2, 0.25) is 0 Å². The van der Waals surface area contributed by atoms with Gasteiger partial charge in [0.1, 0.15) is 15.7 Å². The quantitative estimate of drug-likeness (QED) is 0.250. The molecule has 1 aromatic rings. The van der Waals surface area contributed by atoms with Crippen molar-refractivity contribution < 1.29 is 17.5 Å². The van der Waals surface area contributed by atoms with E-state index in [0.717, 1.165) is 12.1 Å². The number of aliphatic imine (C=N–C) groups is 1. The molecule has 6 nitrogen and oxygen atoms in total. The zero-order chi connectivity index (χ0) is 18.0. The van der Waals surface area contributed by atoms with E-state index in [2.05, 4.69) is 10.3 Å². The predicted molar refractivity (Wildman–Crippen MR) is 110 cm³/mol. The van der Waals surface area contributed by atoms with Gasteiger partial charge in [-0.3, -0.25) is 4.99 Å². The van der Waals surface area contributed by atoms with Crippen LogP contribution in [0.15, 0.2) is 29.3 Å². The molecule has 144 valence electrons. The molecular formula is C16H27FIN3O3S. The van der Waals surface area contributed by atoms with Crippen LogP contribution in [-0.4, -0.2) is 64.6 Å². The number of guanidine groups is 1. The van der Waals surface area contributed by atoms with Crippen molar-refractivity contribution in [1.82, 2.24) is 10.2 Å². The van der Waals surface area contributed by atoms with E-state index in [-0.39, 0.29) is 42.2 Å². The monoisotopic (exact) mass is 487 g/mol. The first kappa shape index (κ1) is 24.1. The molecule has 0 amide bonds. The first-order valence-electron chi connectivity index (χ1n) is 7.81. The topological polar surface area (TPSA) is 71.0 Å². The molecule has 0 aliphatic carbocycles. The van der Waals surface area contributed by atoms with Crippen LogP contribution in [0.4, 0.5) is 4.39 Å². The van der Waals surface area contributed by atoms with E-state index in [1.165, 1.54) is 18.4 Å². The molecule has 1 aromatic carbocycles. The molecule has 0 aliphatic rings. The number of ether oxygens (including phenoxy) is 1. The van der Waals surface area contributed by atoms with Crippen LogP contribution in [0.3, 0.4) is 0 Å². The number of sulfone groups is 1. The van der Waals surface area contributed by atoms with Crippen LogP contribution >= 0.6 is 24.0 Å². The summed E-state index contributed by atoms with van der Waals surface area (Å²) in [5.41, 5.74) is 0.980. The number of halogens is 2. The second kappa shape index (κ2) is 12.4. The van der Waals surface area contributed by atoms with Crippen LogP contribution in [-0.2, 0) is 21.1 Å². The Kier molecular flexibility index (Phi) is 12.0. The summed E-state index contributed by atoms with van der Waals surface area (Å²) >= 11 is 0. The lowest BCUT2D eigenvalue weighted by Gasteiger charge is -2.22. The van der Waals surface area contributed by atoms with Gasteiger partial charge in [0.25, 0.3) is 0 Å². The molecule has 0 unspecified atom stereocenters. The smallest absolute Gasteiger partial charge is 0.194 e. The Morgan fingerprint density at radius 2 is 1.92 bits per heavy atom. The van der Waals surface area contributed by atoms with Gasteiger partial charge in [0.05, 0.1) is 25.5 Å². The van der Waals surface area contributed by atoms with E-state index in [1.807, 2.05) is 18.9 Å². The summed E-state index contributed by atoms with van der Waals surface area (Å²) in [4.78, 5) is 6.38. The van der Waals surface area contributed by atoms with Gasteiger partial charge in [-0.1, -0.05) is 12.1 Å². The molecule has 0 fully saturated rings. The van der Waals surface area contributed by atoms with Crippen LogP contribution in [0.2, 0.25) is 0 Å². The summed E-state index contributed by atoms with van der Waals surface area (Å²) in [6, 6.07) is 6.35. The summed E-state index contributed by atoms with van der Waals surface area (Å²) in [6.45, 7) is 4.26. The summed E-state index contributed by atoms with van der Waals surface area (Å²) in [5, 5.41) is 3.18. The molecule has 0 aliphatic heterocycles. The zero-order valence-electron chi connectivity index (χ0n) is 14.9. The fourth-order valence-corrected chi connectivity index (χ4v) is 2.36. The molecule has 0 aromatic heterocycles. The Balaban J connectivity index is 0.00000576. The van der Waals surface area contributed by atoms with Crippen molar-refractivity contribution in [2.24, 2.45) is 4.99 Å². The normalized spacial score (nSPS) is 11.8. The lowest BCUT2D eigenvalue weighted by Crippen LogP contribution is -2.38. The number of hydrogen-bond acceptors (Lipinski definition) is 4.